The van der Waals surface area contributed by atoms with Gasteiger partial charge in [0.05, 0.1) is 13.0 Å². The van der Waals surface area contributed by atoms with Crippen LogP contribution < -0.4 is 10.2 Å². The number of rotatable bonds is 7. The number of halogens is 2. The van der Waals surface area contributed by atoms with Crippen molar-refractivity contribution in [1.29, 1.82) is 0 Å². The van der Waals surface area contributed by atoms with Gasteiger partial charge in [-0.05, 0) is 31.2 Å². The second-order valence-electron chi connectivity index (χ2n) is 4.95. The molecule has 1 aromatic carbocycles. The van der Waals surface area contributed by atoms with Crippen molar-refractivity contribution in [2.45, 2.75) is 19.9 Å². The van der Waals surface area contributed by atoms with Crippen molar-refractivity contribution >= 4 is 51.6 Å². The van der Waals surface area contributed by atoms with E-state index in [-0.39, 0.29) is 30.7 Å². The topological polar surface area (TPSA) is 72.7 Å². The number of aromatic nitrogens is 1. The maximum Gasteiger partial charge on any atom is 0.311 e. The predicted molar refractivity (Wildman–Crippen MR) is 107 cm³/mol. The average Bonchev–Trinajstić information content (AvgIpc) is 2.96. The average molecular weight is 461 g/mol. The van der Waals surface area contributed by atoms with Crippen LogP contribution in [0.15, 0.2) is 51.9 Å². The minimum Gasteiger partial charge on any atom is -0.466 e. The Bertz CT molecular complexity index is 831. The van der Waals surface area contributed by atoms with Gasteiger partial charge in [-0.25, -0.2) is 5.43 Å². The summed E-state index contributed by atoms with van der Waals surface area (Å²) in [6, 6.07) is 6.98. The Hall–Kier alpha value is -1.90. The third-order valence-electron chi connectivity index (χ3n) is 3.18. The van der Waals surface area contributed by atoms with Gasteiger partial charge >= 0.3 is 5.97 Å². The van der Waals surface area contributed by atoms with E-state index < -0.39 is 0 Å². The van der Waals surface area contributed by atoms with Crippen LogP contribution in [0, 0.1) is 0 Å². The van der Waals surface area contributed by atoms with Crippen LogP contribution in [-0.2, 0) is 22.5 Å². The van der Waals surface area contributed by atoms with Crippen LogP contribution in [0.2, 0.25) is 0 Å². The molecule has 0 saturated heterocycles. The zero-order chi connectivity index (χ0) is 18.2. The fourth-order valence-corrected chi connectivity index (χ4v) is 3.18. The van der Waals surface area contributed by atoms with Crippen molar-refractivity contribution in [2.24, 2.45) is 5.10 Å². The number of carbonyl (C=O) groups excluding carboxylic acids is 2. The number of thiazole rings is 1. The molecule has 2 aromatic rings. The minimum absolute atomic E-state index is 0. The Morgan fingerprint density at radius 1 is 1.38 bits per heavy atom. The molecule has 0 radical (unpaired) electrons. The quantitative estimate of drug-likeness (QED) is 0.391. The third kappa shape index (κ3) is 6.12. The molecule has 1 aromatic heterocycles. The molecule has 6 nitrogen and oxygen atoms in total. The van der Waals surface area contributed by atoms with Gasteiger partial charge in [0.25, 0.3) is 5.91 Å². The molecule has 140 valence electrons. The Morgan fingerprint density at radius 2 is 2.08 bits per heavy atom. The van der Waals surface area contributed by atoms with Gasteiger partial charge in [-0.2, -0.15) is 0 Å². The highest BCUT2D eigenvalue weighted by molar-refractivity contribution is 9.10. The maximum atomic E-state index is 12.1. The van der Waals surface area contributed by atoms with E-state index in [4.69, 9.17) is 4.74 Å². The van der Waals surface area contributed by atoms with Crippen LogP contribution in [0.1, 0.15) is 23.0 Å². The number of benzene rings is 1. The zero-order valence-electron chi connectivity index (χ0n) is 14.1. The lowest BCUT2D eigenvalue weighted by Crippen LogP contribution is -2.25. The van der Waals surface area contributed by atoms with Crippen LogP contribution >= 0.6 is 39.7 Å². The summed E-state index contributed by atoms with van der Waals surface area (Å²) in [5, 5.41) is 5.99. The second kappa shape index (κ2) is 10.9. The molecular weight excluding hydrogens is 442 g/mol. The lowest BCUT2D eigenvalue weighted by molar-refractivity contribution is -0.142. The summed E-state index contributed by atoms with van der Waals surface area (Å²) in [5.41, 5.74) is 3.80. The summed E-state index contributed by atoms with van der Waals surface area (Å²) in [6.45, 7) is 6.30. The number of hydrogen-bond acceptors (Lipinski definition) is 5. The normalized spacial score (nSPS) is 10.8. The Balaban J connectivity index is 0.00000338. The number of allylic oxidation sites excluding steroid dienone is 1. The molecule has 0 bridgehead atoms. The van der Waals surface area contributed by atoms with E-state index in [1.807, 2.05) is 9.95 Å². The van der Waals surface area contributed by atoms with Crippen LogP contribution in [0.5, 0.6) is 0 Å². The second-order valence-corrected chi connectivity index (χ2v) is 6.70. The number of nitrogens with one attached hydrogen (secondary N) is 1. The molecule has 2 rings (SSSR count). The highest BCUT2D eigenvalue weighted by Crippen LogP contribution is 2.10. The molecular formula is C17H19BrClN3O3S. The minimum atomic E-state index is -0.307. The number of carbonyl (C=O) groups is 2. The molecule has 1 N–H and O–H groups in total. The molecule has 0 aliphatic carbocycles. The summed E-state index contributed by atoms with van der Waals surface area (Å²) >= 11 is 4.66. The van der Waals surface area contributed by atoms with E-state index in [9.17, 15) is 9.59 Å². The molecule has 1 heterocycles. The first-order valence-electron chi connectivity index (χ1n) is 7.58. The molecule has 0 unspecified atom stereocenters. The van der Waals surface area contributed by atoms with Gasteiger partial charge in [0.1, 0.15) is 0 Å². The molecule has 0 saturated carbocycles. The van der Waals surface area contributed by atoms with Crippen LogP contribution in [0.3, 0.4) is 0 Å². The molecule has 0 fully saturated rings. The fourth-order valence-electron chi connectivity index (χ4n) is 2.04. The lowest BCUT2D eigenvalue weighted by Gasteiger charge is -2.06. The van der Waals surface area contributed by atoms with Gasteiger partial charge in [-0.15, -0.1) is 35.4 Å². The molecule has 0 aliphatic heterocycles. The van der Waals surface area contributed by atoms with Crippen molar-refractivity contribution in [3.63, 3.8) is 0 Å². The van der Waals surface area contributed by atoms with Crippen molar-refractivity contribution in [1.82, 2.24) is 9.99 Å². The number of amides is 1. The summed E-state index contributed by atoms with van der Waals surface area (Å²) in [5.74, 6) is -0.610. The monoisotopic (exact) mass is 459 g/mol. The Labute approximate surface area is 170 Å². The Kier molecular flexibility index (Phi) is 9.32. The standard InChI is InChI=1S/C17H18BrN3O3S.ClH/c1-3-9-21-14(10-15(22)24-4-2)11-25-17(21)20-19-16(23)12-5-7-13(18)8-6-12;/h3,5-8,11H,1,4,9-10H2,2H3,(H,19,23);1H/b20-17+;. The van der Waals surface area contributed by atoms with Crippen molar-refractivity contribution in [2.75, 3.05) is 6.61 Å². The first kappa shape index (κ1) is 22.1. The summed E-state index contributed by atoms with van der Waals surface area (Å²) in [7, 11) is 0. The molecule has 0 spiro atoms. The van der Waals surface area contributed by atoms with Gasteiger partial charge in [-0.3, -0.25) is 9.59 Å². The first-order chi connectivity index (χ1) is 12.0. The van der Waals surface area contributed by atoms with Crippen molar-refractivity contribution < 1.29 is 14.3 Å². The van der Waals surface area contributed by atoms with Gasteiger partial charge in [0.2, 0.25) is 4.80 Å². The van der Waals surface area contributed by atoms with Crippen LogP contribution in [0.25, 0.3) is 0 Å². The highest BCUT2D eigenvalue weighted by Gasteiger charge is 2.11. The fraction of sp³-hybridized carbons (Fsp3) is 0.235. The molecule has 0 atom stereocenters. The molecule has 0 aliphatic rings. The van der Waals surface area contributed by atoms with E-state index in [1.54, 1.807) is 37.3 Å². The van der Waals surface area contributed by atoms with Crippen LogP contribution in [0.4, 0.5) is 0 Å². The van der Waals surface area contributed by atoms with Gasteiger partial charge in [0.15, 0.2) is 0 Å². The molecule has 26 heavy (non-hydrogen) atoms. The third-order valence-corrected chi connectivity index (χ3v) is 4.62. The number of nitrogens with zero attached hydrogens (tertiary/aromatic N) is 2. The molecule has 1 amide bonds. The van der Waals surface area contributed by atoms with Gasteiger partial charge in [-0.1, -0.05) is 22.0 Å². The lowest BCUT2D eigenvalue weighted by atomic mass is 10.2. The van der Waals surface area contributed by atoms with Crippen molar-refractivity contribution in [3.05, 3.63) is 62.8 Å². The number of hydrogen-bond donors (Lipinski definition) is 1. The van der Waals surface area contributed by atoms with Crippen molar-refractivity contribution in [3.8, 4) is 0 Å². The van der Waals surface area contributed by atoms with E-state index in [2.05, 4.69) is 33.0 Å². The number of esters is 1. The van der Waals surface area contributed by atoms with Crippen LogP contribution in [-0.4, -0.2) is 23.1 Å². The van der Waals surface area contributed by atoms with E-state index >= 15 is 0 Å². The number of ether oxygens (including phenoxy) is 1. The predicted octanol–water partition coefficient (Wildman–Crippen LogP) is 3.27. The summed E-state index contributed by atoms with van der Waals surface area (Å²) in [6.07, 6.45) is 1.85. The SMILES string of the molecule is C=CCn1c(CC(=O)OCC)cs/c1=N/NC(=O)c1ccc(Br)cc1.Cl. The summed E-state index contributed by atoms with van der Waals surface area (Å²) < 4.78 is 7.69. The summed E-state index contributed by atoms with van der Waals surface area (Å²) in [4.78, 5) is 24.4. The van der Waals surface area contributed by atoms with E-state index in [0.29, 0.717) is 23.5 Å². The molecule has 9 heteroatoms. The van der Waals surface area contributed by atoms with Gasteiger partial charge in [0, 0.05) is 27.7 Å². The Morgan fingerprint density at radius 3 is 2.69 bits per heavy atom. The smallest absolute Gasteiger partial charge is 0.311 e. The largest absolute Gasteiger partial charge is 0.466 e. The zero-order valence-corrected chi connectivity index (χ0v) is 17.3. The van der Waals surface area contributed by atoms with E-state index in [1.165, 1.54) is 11.3 Å². The highest BCUT2D eigenvalue weighted by atomic mass is 79.9. The van der Waals surface area contributed by atoms with E-state index in [0.717, 1.165) is 10.2 Å². The maximum absolute atomic E-state index is 12.1. The first-order valence-corrected chi connectivity index (χ1v) is 9.25. The van der Waals surface area contributed by atoms with Gasteiger partial charge < -0.3 is 9.30 Å².